The van der Waals surface area contributed by atoms with Gasteiger partial charge in [0.2, 0.25) is 0 Å². The Balaban J connectivity index is -0.00000000857. The molecular weight excluding hydrogens is 501 g/mol. The summed E-state index contributed by atoms with van der Waals surface area (Å²) in [4.78, 5) is 0. The van der Waals surface area contributed by atoms with Gasteiger partial charge in [0, 0.05) is 0 Å². The van der Waals surface area contributed by atoms with Crippen LogP contribution < -0.4 is 0 Å². The molecule has 0 saturated carbocycles. The van der Waals surface area contributed by atoms with E-state index in [9.17, 15) is 0 Å². The Morgan fingerprint density at radius 1 is 0.462 bits per heavy atom. The van der Waals surface area contributed by atoms with Crippen LogP contribution in [-0.2, 0) is 6.81 Å². The Hall–Kier alpha value is 2.15. The maximum Gasteiger partial charge on any atom is 1.00 e. The van der Waals surface area contributed by atoms with Gasteiger partial charge in [-0.25, -0.2) is 0 Å². The van der Waals surface area contributed by atoms with Gasteiger partial charge in [0.1, 0.15) is 0 Å². The van der Waals surface area contributed by atoms with Crippen molar-refractivity contribution in [2.24, 2.45) is 0 Å². The maximum atomic E-state index is 5.06. The van der Waals surface area contributed by atoms with Crippen LogP contribution >= 0.6 is 57.5 Å². The predicted molar refractivity (Wildman–Crippen MR) is 57.9 cm³/mol. The summed E-state index contributed by atoms with van der Waals surface area (Å²) in [5.74, 6) is 0. The van der Waals surface area contributed by atoms with Gasteiger partial charge in [-0.3, -0.25) is 0 Å². The molecule has 0 aromatic heterocycles. The molecule has 0 amide bonds. The number of hydrogen-bond donors (Lipinski definition) is 0. The minimum absolute atomic E-state index is 0. The molecule has 0 spiro atoms. The molecule has 6 nitrogen and oxygen atoms in total. The molecular formula is H13Cl6IrO6. The molecule has 13 heteroatoms. The summed E-state index contributed by atoms with van der Waals surface area (Å²) in [5.41, 5.74) is 0. The zero-order valence-electron chi connectivity index (χ0n) is 6.60. The molecule has 0 unspecified atom stereocenters. The van der Waals surface area contributed by atoms with Crippen LogP contribution in [0.5, 0.6) is 0 Å². The van der Waals surface area contributed by atoms with E-state index in [0.29, 0.717) is 0 Å². The van der Waals surface area contributed by atoms with Crippen molar-refractivity contribution in [1.82, 2.24) is 0 Å². The van der Waals surface area contributed by atoms with Crippen LogP contribution in [0.15, 0.2) is 0 Å². The van der Waals surface area contributed by atoms with E-state index in [0.717, 1.165) is 0 Å². The maximum absolute atomic E-state index is 5.33. The minimum atomic E-state index is -5.33. The third-order valence-electron chi connectivity index (χ3n) is 0. The normalized spacial score (nSPS) is 12.5. The van der Waals surface area contributed by atoms with Crippen LogP contribution in [0, 0.1) is 0 Å². The van der Waals surface area contributed by atoms with E-state index in [2.05, 4.69) is 0 Å². The first-order chi connectivity index (χ1) is 2.45. The smallest absolute Gasteiger partial charge is 1.00 e. The van der Waals surface area contributed by atoms with E-state index in [-0.39, 0.29) is 34.3 Å². The summed E-state index contributed by atoms with van der Waals surface area (Å²) in [5, 5.41) is 0. The molecule has 0 atom stereocenters. The van der Waals surface area contributed by atoms with Gasteiger partial charge in [0.15, 0.2) is 0 Å². The van der Waals surface area contributed by atoms with E-state index in [1.165, 1.54) is 0 Å². The number of rotatable bonds is 0. The number of halogens is 6. The van der Waals surface area contributed by atoms with Crippen molar-refractivity contribution < 1.29 is 41.1 Å². The zero-order valence-corrected chi connectivity index (χ0v) is 12.5. The molecule has 100 valence electrons. The van der Waals surface area contributed by atoms with Gasteiger partial charge >= 0.3 is 65.7 Å². The minimum Gasteiger partial charge on any atom is 1.00 e. The average molecular weight is 514 g/mol. The first kappa shape index (κ1) is 45.7. The van der Waals surface area contributed by atoms with Crippen LogP contribution in [-0.4, -0.2) is 32.9 Å². The summed E-state index contributed by atoms with van der Waals surface area (Å²) in [6, 6.07) is 0. The van der Waals surface area contributed by atoms with Crippen LogP contribution in [0.2, 0.25) is 0 Å². The fourth-order valence-electron chi connectivity index (χ4n) is 0. The average Bonchev–Trinajstić information content (AvgIpc) is 0.592. The molecule has 0 saturated heterocycles. The van der Waals surface area contributed by atoms with Crippen LogP contribution in [0.1, 0.15) is 1.43 Å². The summed E-state index contributed by atoms with van der Waals surface area (Å²) < 4.78 is 0. The van der Waals surface area contributed by atoms with Gasteiger partial charge in [-0.1, -0.05) is 0 Å². The third-order valence-corrected chi connectivity index (χ3v) is 0. The van der Waals surface area contributed by atoms with Gasteiger partial charge in [-0.2, -0.15) is 0 Å². The second kappa shape index (κ2) is 8.32. The van der Waals surface area contributed by atoms with Gasteiger partial charge in [0.05, 0.1) is 0 Å². The Labute approximate surface area is 97.9 Å². The fraction of sp³-hybridized carbons (Fsp3) is 0. The fourth-order valence-corrected chi connectivity index (χ4v) is 0. The van der Waals surface area contributed by atoms with Gasteiger partial charge in [-0.05, 0) is 0 Å². The first-order valence-electron chi connectivity index (χ1n) is 0.756. The van der Waals surface area contributed by atoms with Crippen molar-refractivity contribution in [3.63, 3.8) is 0 Å². The summed E-state index contributed by atoms with van der Waals surface area (Å²) >= 11 is 0. The van der Waals surface area contributed by atoms with Crippen molar-refractivity contribution in [3.8, 4) is 0 Å². The van der Waals surface area contributed by atoms with E-state index in [1.807, 2.05) is 0 Å². The van der Waals surface area contributed by atoms with Crippen LogP contribution in [0.3, 0.4) is 0 Å². The van der Waals surface area contributed by atoms with Crippen LogP contribution in [0.25, 0.3) is 0 Å². The molecule has 0 rings (SSSR count). The van der Waals surface area contributed by atoms with E-state index in [1.54, 1.807) is 0 Å². The third kappa shape index (κ3) is 452. The zero-order chi connectivity index (χ0) is 6.41. The SMILES string of the molecule is O.O.O.O.O.O.[Cl][Ir-]([Cl])([Cl])([Cl])([Cl])[Cl].[H+]. The molecule has 13 heavy (non-hydrogen) atoms. The molecule has 0 aliphatic rings. The van der Waals surface area contributed by atoms with Crippen molar-refractivity contribution in [2.45, 2.75) is 0 Å². The second-order valence-corrected chi connectivity index (χ2v) is 52.6. The largest absolute Gasteiger partial charge is 1.00 e. The molecule has 0 aromatic carbocycles. The standard InChI is InChI=1S/6ClH.Ir.6H2O/h6*1H;;6*1H2/q;;;;;;+5;;;;;;/p-5. The summed E-state index contributed by atoms with van der Waals surface area (Å²) in [6.45, 7) is -5.33. The molecule has 0 bridgehead atoms. The van der Waals surface area contributed by atoms with Crippen molar-refractivity contribution >= 4 is 57.5 Å². The molecule has 12 N–H and O–H groups in total. The van der Waals surface area contributed by atoms with Crippen molar-refractivity contribution in [1.29, 1.82) is 0 Å². The Kier molecular flexibility index (Phi) is 29.2. The predicted octanol–water partition coefficient (Wildman–Crippen LogP) is -0.701. The van der Waals surface area contributed by atoms with Crippen LogP contribution in [0.4, 0.5) is 0 Å². The first-order valence-corrected chi connectivity index (χ1v) is 18.6. The summed E-state index contributed by atoms with van der Waals surface area (Å²) in [6.07, 6.45) is 0. The number of hydrogen-bond acceptors (Lipinski definition) is 0. The topological polar surface area (TPSA) is 189 Å². The Morgan fingerprint density at radius 3 is 0.462 bits per heavy atom. The molecule has 0 aromatic rings. The van der Waals surface area contributed by atoms with Crippen molar-refractivity contribution in [2.75, 3.05) is 0 Å². The molecule has 0 radical (unpaired) electrons. The van der Waals surface area contributed by atoms with Gasteiger partial charge < -0.3 is 32.9 Å². The van der Waals surface area contributed by atoms with E-state index >= 15 is 0 Å². The quantitative estimate of drug-likeness (QED) is 0.396. The van der Waals surface area contributed by atoms with E-state index in [4.69, 9.17) is 57.5 Å². The van der Waals surface area contributed by atoms with Gasteiger partial charge in [-0.15, -0.1) is 0 Å². The molecule has 0 heterocycles. The van der Waals surface area contributed by atoms with Crippen molar-refractivity contribution in [3.05, 3.63) is 0 Å². The molecule has 0 fully saturated rings. The van der Waals surface area contributed by atoms with E-state index < -0.39 is 6.81 Å². The molecule has 0 aliphatic carbocycles. The second-order valence-electron chi connectivity index (χ2n) is 0.714. The van der Waals surface area contributed by atoms with Gasteiger partial charge in [0.25, 0.3) is 0 Å². The monoisotopic (exact) mass is 512 g/mol. The molecule has 0 aliphatic heterocycles. The Morgan fingerprint density at radius 2 is 0.462 bits per heavy atom. The summed E-state index contributed by atoms with van der Waals surface area (Å²) in [7, 11) is 30.3. The Bertz CT molecular complexity index is 80.9.